The van der Waals surface area contributed by atoms with E-state index < -0.39 is 5.97 Å². The smallest absolute Gasteiger partial charge is 0.338 e. The molecule has 5 rings (SSSR count). The van der Waals surface area contributed by atoms with Gasteiger partial charge in [-0.3, -0.25) is 4.79 Å². The first-order chi connectivity index (χ1) is 12.8. The van der Waals surface area contributed by atoms with Crippen molar-refractivity contribution in [1.82, 2.24) is 5.32 Å². The van der Waals surface area contributed by atoms with Crippen molar-refractivity contribution in [2.75, 3.05) is 6.61 Å². The Kier molecular flexibility index (Phi) is 4.77. The van der Waals surface area contributed by atoms with Gasteiger partial charge in [-0.1, -0.05) is 17.7 Å². The summed E-state index contributed by atoms with van der Waals surface area (Å²) in [5.41, 5.74) is 2.68. The van der Waals surface area contributed by atoms with E-state index in [0.29, 0.717) is 5.56 Å². The summed E-state index contributed by atoms with van der Waals surface area (Å²) in [7, 11) is 0. The van der Waals surface area contributed by atoms with Crippen LogP contribution >= 0.6 is 0 Å². The Balaban J connectivity index is 1.33. The van der Waals surface area contributed by atoms with Crippen LogP contribution in [0.25, 0.3) is 0 Å². The molecule has 0 heterocycles. The second-order valence-electron chi connectivity index (χ2n) is 9.46. The normalized spacial score (nSPS) is 32.2. The molecule has 4 bridgehead atoms. The molecule has 4 heteroatoms. The second kappa shape index (κ2) is 6.96. The van der Waals surface area contributed by atoms with E-state index in [1.165, 1.54) is 38.5 Å². The van der Waals surface area contributed by atoms with E-state index >= 15 is 0 Å². The molecule has 146 valence electrons. The van der Waals surface area contributed by atoms with Crippen LogP contribution in [0.3, 0.4) is 0 Å². The highest BCUT2D eigenvalue weighted by Gasteiger charge is 2.53. The van der Waals surface area contributed by atoms with E-state index in [4.69, 9.17) is 4.74 Å². The first-order valence-electron chi connectivity index (χ1n) is 10.4. The van der Waals surface area contributed by atoms with Gasteiger partial charge >= 0.3 is 5.97 Å². The lowest BCUT2D eigenvalue weighted by Crippen LogP contribution is -2.56. The fourth-order valence-corrected chi connectivity index (χ4v) is 6.31. The number of hydrogen-bond acceptors (Lipinski definition) is 3. The molecule has 0 unspecified atom stereocenters. The highest BCUT2D eigenvalue weighted by molar-refractivity contribution is 5.92. The molecule has 4 aliphatic carbocycles. The molecule has 1 aromatic rings. The van der Waals surface area contributed by atoms with Crippen molar-refractivity contribution in [2.24, 2.45) is 23.2 Å². The number of benzene rings is 1. The van der Waals surface area contributed by atoms with Gasteiger partial charge in [-0.2, -0.15) is 0 Å². The van der Waals surface area contributed by atoms with Crippen molar-refractivity contribution in [3.05, 3.63) is 34.9 Å². The molecule has 1 N–H and O–H groups in total. The molecular weight excluding hydrogens is 338 g/mol. The monoisotopic (exact) mass is 369 g/mol. The van der Waals surface area contributed by atoms with Gasteiger partial charge in [0.15, 0.2) is 6.61 Å². The Morgan fingerprint density at radius 3 is 2.30 bits per heavy atom. The third kappa shape index (κ3) is 3.63. The zero-order valence-corrected chi connectivity index (χ0v) is 16.7. The van der Waals surface area contributed by atoms with E-state index in [1.54, 1.807) is 0 Å². The zero-order valence-electron chi connectivity index (χ0n) is 16.7. The van der Waals surface area contributed by atoms with Crippen molar-refractivity contribution in [1.29, 1.82) is 0 Å². The number of amides is 1. The SMILES string of the molecule is Cc1ccc(C)c(C(=O)OCC(=O)N[C@H](C)C23CC4CC(CC(C4)C2)C3)c1. The first kappa shape index (κ1) is 18.5. The number of carbonyl (C=O) groups excluding carboxylic acids is 2. The van der Waals surface area contributed by atoms with Crippen molar-refractivity contribution in [3.63, 3.8) is 0 Å². The second-order valence-corrected chi connectivity index (χ2v) is 9.46. The van der Waals surface area contributed by atoms with Gasteiger partial charge in [0.25, 0.3) is 5.91 Å². The molecule has 0 saturated heterocycles. The lowest BCUT2D eigenvalue weighted by Gasteiger charge is -2.59. The lowest BCUT2D eigenvalue weighted by molar-refractivity contribution is -0.128. The van der Waals surface area contributed by atoms with Gasteiger partial charge in [-0.15, -0.1) is 0 Å². The fourth-order valence-electron chi connectivity index (χ4n) is 6.31. The van der Waals surface area contributed by atoms with Crippen LogP contribution in [0.1, 0.15) is 66.9 Å². The van der Waals surface area contributed by atoms with Crippen molar-refractivity contribution in [2.45, 2.75) is 65.3 Å². The third-order valence-electron chi connectivity index (χ3n) is 7.33. The Bertz CT molecular complexity index is 719. The summed E-state index contributed by atoms with van der Waals surface area (Å²) in [6.45, 7) is 5.77. The molecule has 1 amide bonds. The summed E-state index contributed by atoms with van der Waals surface area (Å²) in [5.74, 6) is 1.97. The number of ether oxygens (including phenoxy) is 1. The van der Waals surface area contributed by atoms with Gasteiger partial charge in [-0.05, 0) is 94.1 Å². The van der Waals surface area contributed by atoms with Crippen LogP contribution < -0.4 is 5.32 Å². The summed E-state index contributed by atoms with van der Waals surface area (Å²) in [4.78, 5) is 24.8. The van der Waals surface area contributed by atoms with Crippen LogP contribution in [-0.4, -0.2) is 24.5 Å². The average molecular weight is 370 g/mol. The number of esters is 1. The quantitative estimate of drug-likeness (QED) is 0.792. The third-order valence-corrected chi connectivity index (χ3v) is 7.33. The maximum atomic E-state index is 12.4. The summed E-state index contributed by atoms with van der Waals surface area (Å²) in [6.07, 6.45) is 7.95. The summed E-state index contributed by atoms with van der Waals surface area (Å²) < 4.78 is 5.29. The highest BCUT2D eigenvalue weighted by Crippen LogP contribution is 2.61. The predicted molar refractivity (Wildman–Crippen MR) is 104 cm³/mol. The van der Waals surface area contributed by atoms with Crippen molar-refractivity contribution in [3.8, 4) is 0 Å². The summed E-state index contributed by atoms with van der Waals surface area (Å²) in [5, 5.41) is 3.15. The maximum Gasteiger partial charge on any atom is 0.338 e. The molecule has 0 aliphatic heterocycles. The topological polar surface area (TPSA) is 55.4 Å². The Morgan fingerprint density at radius 1 is 1.11 bits per heavy atom. The largest absolute Gasteiger partial charge is 0.452 e. The van der Waals surface area contributed by atoms with Gasteiger partial charge in [0, 0.05) is 6.04 Å². The molecule has 0 spiro atoms. The molecule has 0 aromatic heterocycles. The molecule has 27 heavy (non-hydrogen) atoms. The standard InChI is InChI=1S/C23H31NO3/c1-14-4-5-15(2)20(6-14)22(26)27-13-21(25)24-16(3)23-10-17-7-18(11-23)9-19(8-17)12-23/h4-6,16-19H,7-13H2,1-3H3,(H,24,25)/t16-,17?,18?,19?,23?/m1/s1. The van der Waals surface area contributed by atoms with Crippen LogP contribution in [0.15, 0.2) is 18.2 Å². The number of aryl methyl sites for hydroxylation is 2. The number of rotatable bonds is 5. The van der Waals surface area contributed by atoms with Crippen LogP contribution in [0.2, 0.25) is 0 Å². The Labute approximate surface area is 162 Å². The molecule has 1 aromatic carbocycles. The van der Waals surface area contributed by atoms with Gasteiger partial charge < -0.3 is 10.1 Å². The summed E-state index contributed by atoms with van der Waals surface area (Å²) >= 11 is 0. The van der Waals surface area contributed by atoms with E-state index in [9.17, 15) is 9.59 Å². The van der Waals surface area contributed by atoms with Crippen LogP contribution in [0, 0.1) is 37.0 Å². The fraction of sp³-hybridized carbons (Fsp3) is 0.652. The molecule has 1 atom stereocenters. The Hall–Kier alpha value is -1.84. The van der Waals surface area contributed by atoms with Crippen LogP contribution in [0.4, 0.5) is 0 Å². The molecule has 4 nitrogen and oxygen atoms in total. The van der Waals surface area contributed by atoms with Gasteiger partial charge in [0.05, 0.1) is 5.56 Å². The summed E-state index contributed by atoms with van der Waals surface area (Å²) in [6, 6.07) is 5.83. The highest BCUT2D eigenvalue weighted by atomic mass is 16.5. The minimum absolute atomic E-state index is 0.151. The lowest BCUT2D eigenvalue weighted by atomic mass is 9.48. The van der Waals surface area contributed by atoms with Crippen LogP contribution in [-0.2, 0) is 9.53 Å². The Morgan fingerprint density at radius 2 is 1.70 bits per heavy atom. The first-order valence-corrected chi connectivity index (χ1v) is 10.4. The average Bonchev–Trinajstić information content (AvgIpc) is 2.60. The van der Waals surface area contributed by atoms with E-state index in [2.05, 4.69) is 12.2 Å². The van der Waals surface area contributed by atoms with Gasteiger partial charge in [0.1, 0.15) is 0 Å². The minimum atomic E-state index is -0.422. The van der Waals surface area contributed by atoms with E-state index in [-0.39, 0.29) is 24.0 Å². The molecule has 0 radical (unpaired) electrons. The zero-order chi connectivity index (χ0) is 19.2. The maximum absolute atomic E-state index is 12.4. The van der Waals surface area contributed by atoms with Crippen LogP contribution in [0.5, 0.6) is 0 Å². The number of hydrogen-bond donors (Lipinski definition) is 1. The van der Waals surface area contributed by atoms with E-state index in [1.807, 2.05) is 32.0 Å². The van der Waals surface area contributed by atoms with Crippen molar-refractivity contribution >= 4 is 11.9 Å². The predicted octanol–water partition coefficient (Wildman–Crippen LogP) is 4.18. The minimum Gasteiger partial charge on any atom is -0.452 e. The molecule has 4 aliphatic rings. The number of nitrogens with one attached hydrogen (secondary N) is 1. The van der Waals surface area contributed by atoms with Gasteiger partial charge in [0.2, 0.25) is 0 Å². The molecular formula is C23H31NO3. The molecule has 4 fully saturated rings. The van der Waals surface area contributed by atoms with E-state index in [0.717, 1.165) is 28.9 Å². The number of carbonyl (C=O) groups is 2. The molecule has 4 saturated carbocycles. The van der Waals surface area contributed by atoms with Gasteiger partial charge in [-0.25, -0.2) is 4.79 Å². The van der Waals surface area contributed by atoms with Crippen molar-refractivity contribution < 1.29 is 14.3 Å².